The molecule has 1 aromatic rings. The molecule has 0 spiro atoms. The first-order valence-electron chi connectivity index (χ1n) is 8.00. The molecule has 0 aliphatic rings. The normalized spacial score (nSPS) is 14.0. The molecule has 0 aliphatic heterocycles. The SMILES string of the molecule is CC(Cc1cccc(F)c1)C(=O)NC(CCOC(C)(C)C)C(=O)O. The zero-order valence-corrected chi connectivity index (χ0v) is 14.6. The fourth-order valence-electron chi connectivity index (χ4n) is 2.16. The number of ether oxygens (including phenoxy) is 1. The molecule has 0 fully saturated rings. The lowest BCUT2D eigenvalue weighted by molar-refractivity contribution is -0.143. The van der Waals surface area contributed by atoms with Gasteiger partial charge in [-0.15, -0.1) is 0 Å². The van der Waals surface area contributed by atoms with Gasteiger partial charge < -0.3 is 15.2 Å². The summed E-state index contributed by atoms with van der Waals surface area (Å²) in [6.07, 6.45) is 0.527. The van der Waals surface area contributed by atoms with Gasteiger partial charge in [0, 0.05) is 18.9 Å². The van der Waals surface area contributed by atoms with Crippen LogP contribution in [0.15, 0.2) is 24.3 Å². The van der Waals surface area contributed by atoms with Crippen LogP contribution in [0.1, 0.15) is 39.7 Å². The van der Waals surface area contributed by atoms with Crippen molar-refractivity contribution in [2.75, 3.05) is 6.61 Å². The Morgan fingerprint density at radius 1 is 1.33 bits per heavy atom. The van der Waals surface area contributed by atoms with Crippen molar-refractivity contribution in [3.8, 4) is 0 Å². The minimum Gasteiger partial charge on any atom is -0.480 e. The molecular weight excluding hydrogens is 313 g/mol. The summed E-state index contributed by atoms with van der Waals surface area (Å²) in [6, 6.07) is 5.02. The second-order valence-electron chi connectivity index (χ2n) is 6.88. The van der Waals surface area contributed by atoms with E-state index < -0.39 is 17.9 Å². The first-order valence-corrected chi connectivity index (χ1v) is 8.00. The highest BCUT2D eigenvalue weighted by atomic mass is 19.1. The second kappa shape index (κ2) is 8.78. The van der Waals surface area contributed by atoms with Crippen molar-refractivity contribution in [3.05, 3.63) is 35.6 Å². The number of carboxylic acid groups (broad SMARTS) is 1. The molecule has 0 radical (unpaired) electrons. The third-order valence-electron chi connectivity index (χ3n) is 3.43. The Balaban J connectivity index is 2.56. The summed E-state index contributed by atoms with van der Waals surface area (Å²) in [5, 5.41) is 11.8. The Bertz CT molecular complexity index is 568. The van der Waals surface area contributed by atoms with Crippen LogP contribution < -0.4 is 5.32 Å². The Hall–Kier alpha value is -1.95. The van der Waals surface area contributed by atoms with Gasteiger partial charge in [-0.3, -0.25) is 4.79 Å². The number of nitrogens with one attached hydrogen (secondary N) is 1. The van der Waals surface area contributed by atoms with Crippen molar-refractivity contribution in [1.29, 1.82) is 0 Å². The molecule has 0 aromatic heterocycles. The highest BCUT2D eigenvalue weighted by Crippen LogP contribution is 2.12. The van der Waals surface area contributed by atoms with Gasteiger partial charge in [0.05, 0.1) is 5.60 Å². The molecule has 1 aromatic carbocycles. The van der Waals surface area contributed by atoms with E-state index in [1.54, 1.807) is 19.1 Å². The maximum absolute atomic E-state index is 13.2. The van der Waals surface area contributed by atoms with Gasteiger partial charge in [-0.2, -0.15) is 0 Å². The van der Waals surface area contributed by atoms with Crippen molar-refractivity contribution >= 4 is 11.9 Å². The van der Waals surface area contributed by atoms with Crippen LogP contribution in [0, 0.1) is 11.7 Å². The first kappa shape index (κ1) is 20.1. The predicted octanol–water partition coefficient (Wildman–Crippen LogP) is 2.78. The van der Waals surface area contributed by atoms with E-state index in [1.165, 1.54) is 12.1 Å². The van der Waals surface area contributed by atoms with Crippen LogP contribution >= 0.6 is 0 Å². The van der Waals surface area contributed by atoms with Crippen molar-refractivity contribution in [3.63, 3.8) is 0 Å². The number of carbonyl (C=O) groups excluding carboxylic acids is 1. The topological polar surface area (TPSA) is 75.6 Å². The van der Waals surface area contributed by atoms with E-state index in [4.69, 9.17) is 4.74 Å². The number of benzene rings is 1. The van der Waals surface area contributed by atoms with Gasteiger partial charge in [0.2, 0.25) is 5.91 Å². The molecule has 134 valence electrons. The van der Waals surface area contributed by atoms with Crippen molar-refractivity contribution in [2.24, 2.45) is 5.92 Å². The fourth-order valence-corrected chi connectivity index (χ4v) is 2.16. The minimum absolute atomic E-state index is 0.186. The second-order valence-corrected chi connectivity index (χ2v) is 6.88. The molecule has 2 N–H and O–H groups in total. The Kier molecular flexibility index (Phi) is 7.35. The van der Waals surface area contributed by atoms with Gasteiger partial charge >= 0.3 is 5.97 Å². The van der Waals surface area contributed by atoms with Crippen LogP contribution in [0.4, 0.5) is 4.39 Å². The summed E-state index contributed by atoms with van der Waals surface area (Å²) in [5.74, 6) is -2.29. The van der Waals surface area contributed by atoms with E-state index in [1.807, 2.05) is 20.8 Å². The highest BCUT2D eigenvalue weighted by molar-refractivity contribution is 5.84. The lowest BCUT2D eigenvalue weighted by Gasteiger charge is -2.22. The fraction of sp³-hybridized carbons (Fsp3) is 0.556. The number of rotatable bonds is 8. The van der Waals surface area contributed by atoms with Gasteiger partial charge in [0.25, 0.3) is 0 Å². The number of carbonyl (C=O) groups is 2. The van der Waals surface area contributed by atoms with Crippen molar-refractivity contribution in [1.82, 2.24) is 5.32 Å². The van der Waals surface area contributed by atoms with E-state index >= 15 is 0 Å². The molecule has 24 heavy (non-hydrogen) atoms. The number of amides is 1. The van der Waals surface area contributed by atoms with Crippen LogP contribution in [0.3, 0.4) is 0 Å². The summed E-state index contributed by atoms with van der Waals surface area (Å²) in [4.78, 5) is 23.5. The third-order valence-corrected chi connectivity index (χ3v) is 3.43. The number of halogens is 1. The summed E-state index contributed by atoms with van der Waals surface area (Å²) < 4.78 is 18.7. The molecule has 2 unspecified atom stereocenters. The summed E-state index contributed by atoms with van der Waals surface area (Å²) in [6.45, 7) is 7.55. The number of aliphatic carboxylic acids is 1. The van der Waals surface area contributed by atoms with Crippen LogP contribution in [0.2, 0.25) is 0 Å². The van der Waals surface area contributed by atoms with Gasteiger partial charge in [0.1, 0.15) is 11.9 Å². The van der Waals surface area contributed by atoms with Crippen LogP contribution in [0.5, 0.6) is 0 Å². The Labute approximate surface area is 142 Å². The van der Waals surface area contributed by atoms with E-state index in [-0.39, 0.29) is 30.4 Å². The molecule has 0 saturated heterocycles. The minimum atomic E-state index is -1.10. The van der Waals surface area contributed by atoms with Crippen LogP contribution in [-0.2, 0) is 20.7 Å². The molecule has 0 aliphatic carbocycles. The lowest BCUT2D eigenvalue weighted by atomic mass is 9.99. The molecule has 6 heteroatoms. The monoisotopic (exact) mass is 339 g/mol. The Morgan fingerprint density at radius 2 is 2.00 bits per heavy atom. The van der Waals surface area contributed by atoms with E-state index in [9.17, 15) is 19.1 Å². The summed E-state index contributed by atoms with van der Waals surface area (Å²) in [7, 11) is 0. The smallest absolute Gasteiger partial charge is 0.326 e. The molecule has 1 amide bonds. The molecule has 0 saturated carbocycles. The maximum Gasteiger partial charge on any atom is 0.326 e. The average Bonchev–Trinajstić information content (AvgIpc) is 2.44. The zero-order valence-electron chi connectivity index (χ0n) is 14.6. The molecular formula is C18H26FNO4. The van der Waals surface area contributed by atoms with Crippen molar-refractivity contribution < 1.29 is 23.8 Å². The number of carboxylic acids is 1. The van der Waals surface area contributed by atoms with Gasteiger partial charge in [-0.25, -0.2) is 9.18 Å². The van der Waals surface area contributed by atoms with Gasteiger partial charge in [0.15, 0.2) is 0 Å². The molecule has 5 nitrogen and oxygen atoms in total. The average molecular weight is 339 g/mol. The standard InChI is InChI=1S/C18H26FNO4/c1-12(10-13-6-5-7-14(19)11-13)16(21)20-15(17(22)23)8-9-24-18(2,3)4/h5-7,11-12,15H,8-10H2,1-4H3,(H,20,21)(H,22,23). The Morgan fingerprint density at radius 3 is 2.54 bits per heavy atom. The zero-order chi connectivity index (χ0) is 18.3. The quantitative estimate of drug-likeness (QED) is 0.764. The lowest BCUT2D eigenvalue weighted by Crippen LogP contribution is -2.44. The van der Waals surface area contributed by atoms with Gasteiger partial charge in [-0.05, 0) is 44.9 Å². The number of hydrogen-bond donors (Lipinski definition) is 2. The largest absolute Gasteiger partial charge is 0.480 e. The highest BCUT2D eigenvalue weighted by Gasteiger charge is 2.24. The molecule has 1 rings (SSSR count). The first-order chi connectivity index (χ1) is 11.1. The van der Waals surface area contributed by atoms with E-state index in [0.29, 0.717) is 12.0 Å². The molecule has 0 heterocycles. The van der Waals surface area contributed by atoms with Crippen molar-refractivity contribution in [2.45, 2.75) is 52.2 Å². The number of hydrogen-bond acceptors (Lipinski definition) is 3. The summed E-state index contributed by atoms with van der Waals surface area (Å²) in [5.41, 5.74) is 0.332. The predicted molar refractivity (Wildman–Crippen MR) is 89.2 cm³/mol. The molecule has 2 atom stereocenters. The van der Waals surface area contributed by atoms with E-state index in [0.717, 1.165) is 0 Å². The van der Waals surface area contributed by atoms with Crippen LogP contribution in [-0.4, -0.2) is 35.2 Å². The van der Waals surface area contributed by atoms with Crippen LogP contribution in [0.25, 0.3) is 0 Å². The maximum atomic E-state index is 13.2. The summed E-state index contributed by atoms with van der Waals surface area (Å²) >= 11 is 0. The third kappa shape index (κ3) is 7.55. The van der Waals surface area contributed by atoms with E-state index in [2.05, 4.69) is 5.32 Å². The van der Waals surface area contributed by atoms with Gasteiger partial charge in [-0.1, -0.05) is 19.1 Å². The molecule has 0 bridgehead atoms.